The van der Waals surface area contributed by atoms with Crippen LogP contribution in [0, 0.1) is 6.92 Å². The van der Waals surface area contributed by atoms with Crippen LogP contribution < -0.4 is 0 Å². The molecule has 0 saturated carbocycles. The summed E-state index contributed by atoms with van der Waals surface area (Å²) in [6.07, 6.45) is 3.41. The van der Waals surface area contributed by atoms with Gasteiger partial charge in [-0.05, 0) is 19.1 Å². The molecule has 0 aliphatic heterocycles. The Kier molecular flexibility index (Phi) is 2.33. The van der Waals surface area contributed by atoms with E-state index in [1.165, 1.54) is 6.92 Å². The number of nitrogens with one attached hydrogen (secondary N) is 1. The van der Waals surface area contributed by atoms with Crippen molar-refractivity contribution in [2.24, 2.45) is 0 Å². The van der Waals surface area contributed by atoms with Gasteiger partial charge in [-0.3, -0.25) is 9.78 Å². The van der Waals surface area contributed by atoms with Crippen molar-refractivity contribution < 1.29 is 4.79 Å². The molecule has 76 valence electrons. The third-order valence-corrected chi connectivity index (χ3v) is 2.17. The third kappa shape index (κ3) is 1.79. The summed E-state index contributed by atoms with van der Waals surface area (Å²) in [4.78, 5) is 22.5. The summed E-state index contributed by atoms with van der Waals surface area (Å²) in [5.74, 6) is 0.681. The third-order valence-electron chi connectivity index (χ3n) is 2.17. The second-order valence-electron chi connectivity index (χ2n) is 3.34. The van der Waals surface area contributed by atoms with Gasteiger partial charge in [-0.15, -0.1) is 0 Å². The second kappa shape index (κ2) is 3.65. The molecule has 4 nitrogen and oxygen atoms in total. The minimum Gasteiger partial charge on any atom is -0.335 e. The Labute approximate surface area is 87.4 Å². The van der Waals surface area contributed by atoms with Gasteiger partial charge in [-0.2, -0.15) is 0 Å². The summed E-state index contributed by atoms with van der Waals surface area (Å²) < 4.78 is 0. The Morgan fingerprint density at radius 2 is 2.27 bits per heavy atom. The average molecular weight is 201 g/mol. The first-order chi connectivity index (χ1) is 7.18. The Bertz CT molecular complexity index is 488. The van der Waals surface area contributed by atoms with E-state index in [0.29, 0.717) is 11.5 Å². The number of rotatable bonds is 2. The average Bonchev–Trinajstić information content (AvgIpc) is 2.62. The highest BCUT2D eigenvalue weighted by Crippen LogP contribution is 2.16. The maximum atomic E-state index is 11.2. The number of imidazole rings is 1. The molecule has 2 aromatic rings. The lowest BCUT2D eigenvalue weighted by molar-refractivity contribution is 0.101. The Morgan fingerprint density at radius 3 is 2.80 bits per heavy atom. The standard InChI is InChI=1S/C11H11N3O/c1-7-10(8(2)15)14-11(13-7)9-4-3-5-12-6-9/h3-6H,1-2H3,(H,13,14). The predicted molar refractivity (Wildman–Crippen MR) is 56.6 cm³/mol. The quantitative estimate of drug-likeness (QED) is 0.756. The number of pyridine rings is 1. The Morgan fingerprint density at radius 1 is 1.47 bits per heavy atom. The number of carbonyl (C=O) groups excluding carboxylic acids is 1. The minimum atomic E-state index is -0.00450. The SMILES string of the molecule is CC(=O)c1[nH]c(-c2cccnc2)nc1C. The fourth-order valence-electron chi connectivity index (χ4n) is 1.44. The van der Waals surface area contributed by atoms with E-state index < -0.39 is 0 Å². The van der Waals surface area contributed by atoms with Crippen LogP contribution in [0.15, 0.2) is 24.5 Å². The largest absolute Gasteiger partial charge is 0.335 e. The molecule has 2 aromatic heterocycles. The fourth-order valence-corrected chi connectivity index (χ4v) is 1.44. The lowest BCUT2D eigenvalue weighted by Crippen LogP contribution is -1.94. The van der Waals surface area contributed by atoms with Gasteiger partial charge in [0.15, 0.2) is 5.78 Å². The molecule has 0 spiro atoms. The van der Waals surface area contributed by atoms with Crippen molar-refractivity contribution in [3.05, 3.63) is 35.9 Å². The van der Waals surface area contributed by atoms with Crippen LogP contribution in [0.5, 0.6) is 0 Å². The molecule has 0 aliphatic rings. The molecule has 0 amide bonds. The number of carbonyl (C=O) groups is 1. The molecule has 0 fully saturated rings. The summed E-state index contributed by atoms with van der Waals surface area (Å²) in [5.41, 5.74) is 2.17. The van der Waals surface area contributed by atoms with Gasteiger partial charge in [0.05, 0.1) is 5.69 Å². The van der Waals surface area contributed by atoms with Crippen molar-refractivity contribution >= 4 is 5.78 Å². The number of nitrogens with zero attached hydrogens (tertiary/aromatic N) is 2. The summed E-state index contributed by atoms with van der Waals surface area (Å²) in [5, 5.41) is 0. The van der Waals surface area contributed by atoms with Crippen LogP contribution >= 0.6 is 0 Å². The maximum Gasteiger partial charge on any atom is 0.177 e. The van der Waals surface area contributed by atoms with Gasteiger partial charge in [-0.1, -0.05) is 0 Å². The summed E-state index contributed by atoms with van der Waals surface area (Å²) in [6.45, 7) is 3.33. The Hall–Kier alpha value is -1.97. The van der Waals surface area contributed by atoms with E-state index in [2.05, 4.69) is 15.0 Å². The van der Waals surface area contributed by atoms with Crippen LogP contribution in [0.1, 0.15) is 23.1 Å². The molecule has 0 unspecified atom stereocenters. The zero-order valence-electron chi connectivity index (χ0n) is 8.61. The number of aryl methyl sites for hydroxylation is 1. The van der Waals surface area contributed by atoms with E-state index in [-0.39, 0.29) is 5.78 Å². The monoisotopic (exact) mass is 201 g/mol. The number of hydrogen-bond donors (Lipinski definition) is 1. The van der Waals surface area contributed by atoms with Gasteiger partial charge in [0.2, 0.25) is 0 Å². The molecule has 0 aromatic carbocycles. The van der Waals surface area contributed by atoms with Crippen molar-refractivity contribution in [1.82, 2.24) is 15.0 Å². The highest BCUT2D eigenvalue weighted by Gasteiger charge is 2.11. The topological polar surface area (TPSA) is 58.6 Å². The molecule has 0 atom stereocenters. The number of hydrogen-bond acceptors (Lipinski definition) is 3. The number of H-pyrrole nitrogens is 1. The zero-order valence-corrected chi connectivity index (χ0v) is 8.61. The van der Waals surface area contributed by atoms with Gasteiger partial charge >= 0.3 is 0 Å². The summed E-state index contributed by atoms with van der Waals surface area (Å²) in [6, 6.07) is 3.73. The van der Waals surface area contributed by atoms with Crippen molar-refractivity contribution in [3.8, 4) is 11.4 Å². The fraction of sp³-hybridized carbons (Fsp3) is 0.182. The molecule has 0 radical (unpaired) electrons. The molecule has 4 heteroatoms. The summed E-state index contributed by atoms with van der Waals surface area (Å²) >= 11 is 0. The van der Waals surface area contributed by atoms with Crippen LogP contribution in [0.2, 0.25) is 0 Å². The van der Waals surface area contributed by atoms with Crippen LogP contribution in [0.25, 0.3) is 11.4 Å². The molecular weight excluding hydrogens is 190 g/mol. The van der Waals surface area contributed by atoms with Gasteiger partial charge in [0.25, 0.3) is 0 Å². The highest BCUT2D eigenvalue weighted by molar-refractivity contribution is 5.93. The molecule has 0 saturated heterocycles. The maximum absolute atomic E-state index is 11.2. The summed E-state index contributed by atoms with van der Waals surface area (Å²) in [7, 11) is 0. The van der Waals surface area contributed by atoms with Gasteiger partial charge in [0, 0.05) is 24.9 Å². The lowest BCUT2D eigenvalue weighted by Gasteiger charge is -1.93. The van der Waals surface area contributed by atoms with E-state index in [4.69, 9.17) is 0 Å². The first-order valence-corrected chi connectivity index (χ1v) is 4.66. The number of Topliss-reactive ketones (excluding diaryl/α,β-unsaturated/α-hetero) is 1. The molecule has 0 bridgehead atoms. The van der Waals surface area contributed by atoms with E-state index in [1.54, 1.807) is 12.4 Å². The van der Waals surface area contributed by atoms with Crippen LogP contribution in [0.4, 0.5) is 0 Å². The van der Waals surface area contributed by atoms with Crippen molar-refractivity contribution in [2.75, 3.05) is 0 Å². The molecule has 1 N–H and O–H groups in total. The molecular formula is C11H11N3O. The molecule has 0 aliphatic carbocycles. The predicted octanol–water partition coefficient (Wildman–Crippen LogP) is 1.98. The number of aromatic amines is 1. The van der Waals surface area contributed by atoms with Crippen LogP contribution in [0.3, 0.4) is 0 Å². The number of aromatic nitrogens is 3. The molecule has 15 heavy (non-hydrogen) atoms. The first kappa shape index (κ1) is 9.58. The smallest absolute Gasteiger partial charge is 0.177 e. The van der Waals surface area contributed by atoms with Gasteiger partial charge in [0.1, 0.15) is 11.5 Å². The van der Waals surface area contributed by atoms with E-state index in [0.717, 1.165) is 11.3 Å². The van der Waals surface area contributed by atoms with Gasteiger partial charge in [-0.25, -0.2) is 4.98 Å². The van der Waals surface area contributed by atoms with Gasteiger partial charge < -0.3 is 4.98 Å². The van der Waals surface area contributed by atoms with Crippen LogP contribution in [-0.2, 0) is 0 Å². The first-order valence-electron chi connectivity index (χ1n) is 4.66. The zero-order chi connectivity index (χ0) is 10.8. The van der Waals surface area contributed by atoms with Crippen LogP contribution in [-0.4, -0.2) is 20.7 Å². The van der Waals surface area contributed by atoms with E-state index in [1.807, 2.05) is 19.1 Å². The normalized spacial score (nSPS) is 10.3. The van der Waals surface area contributed by atoms with E-state index >= 15 is 0 Å². The lowest BCUT2D eigenvalue weighted by atomic mass is 10.3. The van der Waals surface area contributed by atoms with Crippen molar-refractivity contribution in [3.63, 3.8) is 0 Å². The van der Waals surface area contributed by atoms with Crippen molar-refractivity contribution in [2.45, 2.75) is 13.8 Å². The highest BCUT2D eigenvalue weighted by atomic mass is 16.1. The molecule has 2 heterocycles. The Balaban J connectivity index is 2.48. The van der Waals surface area contributed by atoms with E-state index in [9.17, 15) is 4.79 Å². The number of ketones is 1. The second-order valence-corrected chi connectivity index (χ2v) is 3.34. The van der Waals surface area contributed by atoms with Crippen molar-refractivity contribution in [1.29, 1.82) is 0 Å². The minimum absolute atomic E-state index is 0.00450. The molecule has 2 rings (SSSR count).